The van der Waals surface area contributed by atoms with Crippen molar-refractivity contribution in [3.05, 3.63) is 92.7 Å². The van der Waals surface area contributed by atoms with Crippen LogP contribution in [0.1, 0.15) is 95.3 Å². The molecule has 226 valence electrons. The summed E-state index contributed by atoms with van der Waals surface area (Å²) in [7, 11) is -4.10. The first kappa shape index (κ1) is 33.1. The number of carbonyl (C=O) groups excluding carboxylic acids is 1. The molecule has 1 aromatic carbocycles. The topological polar surface area (TPSA) is 59.1 Å². The van der Waals surface area contributed by atoms with Gasteiger partial charge in [-0.3, -0.25) is 8.96 Å². The fraction of sp³-hybridized carbons (Fsp3) is 0.412. The lowest BCUT2D eigenvalue weighted by Gasteiger charge is -2.25. The van der Waals surface area contributed by atoms with Gasteiger partial charge in [0.05, 0.1) is 17.9 Å². The lowest BCUT2D eigenvalue weighted by Crippen LogP contribution is -2.07. The number of amidine groups is 1. The van der Waals surface area contributed by atoms with E-state index >= 15 is 7.77 Å². The van der Waals surface area contributed by atoms with E-state index in [0.29, 0.717) is 42.8 Å². The van der Waals surface area contributed by atoms with Crippen molar-refractivity contribution in [2.45, 2.75) is 87.5 Å². The van der Waals surface area contributed by atoms with Crippen LogP contribution in [0.4, 0.5) is 7.77 Å². The zero-order valence-electron chi connectivity index (χ0n) is 26.2. The summed E-state index contributed by atoms with van der Waals surface area (Å²) < 4.78 is 31.4. The third-order valence-electron chi connectivity index (χ3n) is 7.32. The number of aromatic nitrogens is 1. The van der Waals surface area contributed by atoms with E-state index in [1.807, 2.05) is 45.9 Å². The average molecular weight is 595 g/mol. The van der Waals surface area contributed by atoms with Crippen LogP contribution in [0.5, 0.6) is 0 Å². The van der Waals surface area contributed by atoms with E-state index in [1.54, 1.807) is 20.8 Å². The second kappa shape index (κ2) is 14.7. The molecule has 1 aromatic heterocycles. The van der Waals surface area contributed by atoms with E-state index < -0.39 is 11.0 Å². The van der Waals surface area contributed by atoms with Crippen molar-refractivity contribution >= 4 is 33.9 Å². The summed E-state index contributed by atoms with van der Waals surface area (Å²) >= 11 is 0. The fourth-order valence-corrected chi connectivity index (χ4v) is 6.77. The van der Waals surface area contributed by atoms with Gasteiger partial charge in [-0.2, -0.15) is 0 Å². The number of nitrogens with zero attached hydrogens (tertiary/aromatic N) is 4. The van der Waals surface area contributed by atoms with E-state index in [9.17, 15) is 4.79 Å². The van der Waals surface area contributed by atoms with Crippen LogP contribution in [0.3, 0.4) is 0 Å². The van der Waals surface area contributed by atoms with Gasteiger partial charge in [-0.05, 0) is 113 Å². The number of benzene rings is 1. The molecule has 5 nitrogen and oxygen atoms in total. The molecule has 0 atom stereocenters. The normalized spacial score (nSPS) is 21.4. The maximum Gasteiger partial charge on any atom is 0.166 e. The summed E-state index contributed by atoms with van der Waals surface area (Å²) in [4.78, 5) is 15.5. The third-order valence-corrected chi connectivity index (χ3v) is 8.93. The minimum atomic E-state index is -4.10. The van der Waals surface area contributed by atoms with E-state index in [-0.39, 0.29) is 5.78 Å². The summed E-state index contributed by atoms with van der Waals surface area (Å²) in [5.41, 5.74) is 8.98. The summed E-state index contributed by atoms with van der Waals surface area (Å²) in [5, 5.41) is 9.36. The second-order valence-electron chi connectivity index (χ2n) is 11.1. The summed E-state index contributed by atoms with van der Waals surface area (Å²) in [6, 6.07) is 10.4. The average Bonchev–Trinajstić information content (AvgIpc) is 3.07. The van der Waals surface area contributed by atoms with Crippen molar-refractivity contribution in [1.82, 2.24) is 3.97 Å². The molecule has 0 fully saturated rings. The van der Waals surface area contributed by atoms with Crippen LogP contribution in [0.2, 0.25) is 0 Å². The van der Waals surface area contributed by atoms with Crippen molar-refractivity contribution in [2.24, 2.45) is 15.2 Å². The number of carbonyl (C=O) groups is 1. The van der Waals surface area contributed by atoms with Crippen LogP contribution in [-0.2, 0) is 11.2 Å². The van der Waals surface area contributed by atoms with Gasteiger partial charge < -0.3 is 4.79 Å². The number of hydrogen-bond acceptors (Lipinski definition) is 4. The standard InChI is InChI=1S/C20H27F2NOS.C14H17N3/c1-13-10-14(2)18(6)19(9-7-8-17(5)24)20-15(3)11-16(4)23(20)25(21,22)12-13;1-3-4-12-5-7-13(8-6-12)14-9-10-15-11(2)16-17-14/h10-12H,7-9H2,1-6H3;5-9H,3-4,10H2,1-2H3/b13-12+,14-10-,19-18+;. The first-order chi connectivity index (χ1) is 19.8. The largest absolute Gasteiger partial charge is 0.300 e. The van der Waals surface area contributed by atoms with Gasteiger partial charge in [-0.1, -0.05) is 43.7 Å². The molecule has 0 aliphatic carbocycles. The Morgan fingerprint density at radius 3 is 2.33 bits per heavy atom. The predicted octanol–water partition coefficient (Wildman–Crippen LogP) is 10.7. The molecule has 3 heterocycles. The van der Waals surface area contributed by atoms with E-state index in [4.69, 9.17) is 0 Å². The fourth-order valence-electron chi connectivity index (χ4n) is 5.22. The number of hydrogen-bond donors (Lipinski definition) is 0. The van der Waals surface area contributed by atoms with Gasteiger partial charge in [0, 0.05) is 23.1 Å². The molecule has 0 radical (unpaired) electrons. The maximum absolute atomic E-state index is 15.1. The van der Waals surface area contributed by atoms with Crippen LogP contribution >= 0.6 is 11.0 Å². The second-order valence-corrected chi connectivity index (χ2v) is 12.6. The Bertz CT molecular complexity index is 1490. The predicted molar refractivity (Wildman–Crippen MR) is 175 cm³/mol. The van der Waals surface area contributed by atoms with Gasteiger partial charge in [0.15, 0.2) is 11.0 Å². The first-order valence-corrected chi connectivity index (χ1v) is 16.0. The molecule has 4 rings (SSSR count). The molecular formula is C34H44F2N4OS. The molecule has 2 aliphatic rings. The van der Waals surface area contributed by atoms with E-state index in [2.05, 4.69) is 46.4 Å². The number of rotatable bonds is 7. The highest BCUT2D eigenvalue weighted by Crippen LogP contribution is 2.59. The molecule has 0 bridgehead atoms. The minimum Gasteiger partial charge on any atom is -0.300 e. The Labute approximate surface area is 252 Å². The molecule has 0 saturated heterocycles. The number of halogens is 2. The van der Waals surface area contributed by atoms with Crippen molar-refractivity contribution in [3.8, 4) is 0 Å². The van der Waals surface area contributed by atoms with Gasteiger partial charge in [0.1, 0.15) is 11.6 Å². The number of azo groups is 1. The molecule has 0 N–H and O–H groups in total. The molecular weight excluding hydrogens is 550 g/mol. The zero-order chi connectivity index (χ0) is 31.0. The number of aliphatic imine (C=N–C) groups is 1. The third kappa shape index (κ3) is 8.57. The number of Topliss-reactive ketones (excluding diaryl/α,β-unsaturated/α-hetero) is 1. The number of aryl methyl sites for hydroxylation is 3. The maximum atomic E-state index is 15.1. The monoisotopic (exact) mass is 594 g/mol. The summed E-state index contributed by atoms with van der Waals surface area (Å²) in [5.74, 6) is 0.865. The Balaban J connectivity index is 0.000000247. The lowest BCUT2D eigenvalue weighted by molar-refractivity contribution is -0.117. The van der Waals surface area contributed by atoms with Crippen molar-refractivity contribution in [2.75, 3.05) is 6.54 Å². The van der Waals surface area contributed by atoms with Crippen molar-refractivity contribution < 1.29 is 12.6 Å². The lowest BCUT2D eigenvalue weighted by atomic mass is 9.93. The molecule has 0 spiro atoms. The smallest absolute Gasteiger partial charge is 0.166 e. The molecule has 2 aliphatic heterocycles. The quantitative estimate of drug-likeness (QED) is 0.314. The highest BCUT2D eigenvalue weighted by Gasteiger charge is 2.30. The highest BCUT2D eigenvalue weighted by molar-refractivity contribution is 8.26. The van der Waals surface area contributed by atoms with E-state index in [1.165, 1.54) is 16.0 Å². The van der Waals surface area contributed by atoms with Gasteiger partial charge in [0.25, 0.3) is 0 Å². The molecule has 0 unspecified atom stereocenters. The number of allylic oxidation sites excluding steroid dienone is 5. The number of ketones is 1. The summed E-state index contributed by atoms with van der Waals surface area (Å²) in [6.07, 6.45) is 7.91. The van der Waals surface area contributed by atoms with Crippen molar-refractivity contribution in [1.29, 1.82) is 0 Å². The molecule has 2 aromatic rings. The highest BCUT2D eigenvalue weighted by atomic mass is 32.3. The van der Waals surface area contributed by atoms with Crippen LogP contribution in [0, 0.1) is 13.8 Å². The Morgan fingerprint density at radius 2 is 1.69 bits per heavy atom. The SMILES string of the molecule is CC(=O)CCC\C1=C(C)/C(C)=C\C(C)=C\S(F)(F)n2c(C)cc(C)c21.CCCc1ccc(C2=CCN=C(C)N=N2)cc1. The van der Waals surface area contributed by atoms with Crippen LogP contribution in [0.15, 0.2) is 79.8 Å². The van der Waals surface area contributed by atoms with Crippen LogP contribution < -0.4 is 0 Å². The summed E-state index contributed by atoms with van der Waals surface area (Å²) in [6.45, 7) is 15.6. The van der Waals surface area contributed by atoms with Crippen molar-refractivity contribution in [3.63, 3.8) is 0 Å². The first-order valence-electron chi connectivity index (χ1n) is 14.5. The molecule has 0 amide bonds. The Hall–Kier alpha value is -3.39. The minimum absolute atomic E-state index is 0.130. The van der Waals surface area contributed by atoms with Gasteiger partial charge in [-0.15, -0.1) is 18.0 Å². The van der Waals surface area contributed by atoms with Gasteiger partial charge >= 0.3 is 0 Å². The Kier molecular flexibility index (Phi) is 11.6. The Morgan fingerprint density at radius 1 is 1.00 bits per heavy atom. The van der Waals surface area contributed by atoms with Gasteiger partial charge in [0.2, 0.25) is 0 Å². The zero-order valence-corrected chi connectivity index (χ0v) is 27.0. The number of fused-ring (bicyclic) bond motifs is 1. The van der Waals surface area contributed by atoms with Gasteiger partial charge in [-0.25, -0.2) is 0 Å². The molecule has 42 heavy (non-hydrogen) atoms. The molecule has 0 saturated carbocycles. The molecule has 8 heteroatoms. The van der Waals surface area contributed by atoms with Crippen LogP contribution in [-0.4, -0.2) is 22.1 Å². The van der Waals surface area contributed by atoms with E-state index in [0.717, 1.165) is 51.2 Å². The van der Waals surface area contributed by atoms with Crippen LogP contribution in [0.25, 0.3) is 11.3 Å².